The van der Waals surface area contributed by atoms with Gasteiger partial charge in [0.05, 0.1) is 0 Å². The molecule has 0 atom stereocenters. The van der Waals surface area contributed by atoms with Gasteiger partial charge >= 0.3 is 0 Å². The molecule has 1 saturated carbocycles. The van der Waals surface area contributed by atoms with E-state index in [1.54, 1.807) is 0 Å². The molecule has 2 heteroatoms. The highest BCUT2D eigenvalue weighted by Crippen LogP contribution is 2.26. The third-order valence-electron chi connectivity index (χ3n) is 4.07. The summed E-state index contributed by atoms with van der Waals surface area (Å²) in [5.41, 5.74) is 5.71. The highest BCUT2D eigenvalue weighted by Gasteiger charge is 2.25. The van der Waals surface area contributed by atoms with Crippen molar-refractivity contribution in [3.05, 3.63) is 0 Å². The van der Waals surface area contributed by atoms with Crippen molar-refractivity contribution in [1.82, 2.24) is 4.90 Å². The molecule has 2 aliphatic rings. The predicted octanol–water partition coefficient (Wildman–Crippen LogP) is 1.99. The van der Waals surface area contributed by atoms with Gasteiger partial charge in [-0.15, -0.1) is 0 Å². The number of likely N-dealkylation sites (tertiary alicyclic amines) is 1. The van der Waals surface area contributed by atoms with Crippen LogP contribution >= 0.6 is 0 Å². The van der Waals surface area contributed by atoms with Crippen LogP contribution in [0.3, 0.4) is 0 Å². The molecular formula is C12H24N2. The highest BCUT2D eigenvalue weighted by atomic mass is 15.2. The fourth-order valence-electron chi connectivity index (χ4n) is 3.00. The zero-order valence-corrected chi connectivity index (χ0v) is 9.25. The molecule has 2 fully saturated rings. The SMILES string of the molecule is NCC1CCN(C2CCCCC2)CC1. The van der Waals surface area contributed by atoms with Crippen LogP contribution in [-0.2, 0) is 0 Å². The Labute approximate surface area is 87.8 Å². The van der Waals surface area contributed by atoms with Crippen LogP contribution in [0.1, 0.15) is 44.9 Å². The van der Waals surface area contributed by atoms with Crippen molar-refractivity contribution < 1.29 is 0 Å². The lowest BCUT2D eigenvalue weighted by Gasteiger charge is -2.39. The summed E-state index contributed by atoms with van der Waals surface area (Å²) in [6.45, 7) is 3.53. The zero-order valence-electron chi connectivity index (χ0n) is 9.25. The molecule has 1 saturated heterocycles. The number of hydrogen-bond acceptors (Lipinski definition) is 2. The summed E-state index contributed by atoms with van der Waals surface area (Å²) in [7, 11) is 0. The van der Waals surface area contributed by atoms with Crippen molar-refractivity contribution in [2.45, 2.75) is 51.0 Å². The van der Waals surface area contributed by atoms with E-state index in [4.69, 9.17) is 5.73 Å². The minimum Gasteiger partial charge on any atom is -0.330 e. The lowest BCUT2D eigenvalue weighted by Crippen LogP contribution is -2.43. The van der Waals surface area contributed by atoms with Gasteiger partial charge in [0.25, 0.3) is 0 Å². The van der Waals surface area contributed by atoms with Gasteiger partial charge in [-0.1, -0.05) is 19.3 Å². The van der Waals surface area contributed by atoms with E-state index >= 15 is 0 Å². The van der Waals surface area contributed by atoms with Crippen LogP contribution in [0, 0.1) is 5.92 Å². The van der Waals surface area contributed by atoms with E-state index in [1.165, 1.54) is 58.0 Å². The average molecular weight is 196 g/mol. The maximum Gasteiger partial charge on any atom is 0.00952 e. The second-order valence-corrected chi connectivity index (χ2v) is 5.01. The Morgan fingerprint density at radius 1 is 0.929 bits per heavy atom. The maximum absolute atomic E-state index is 5.71. The maximum atomic E-state index is 5.71. The molecule has 1 heterocycles. The second-order valence-electron chi connectivity index (χ2n) is 5.01. The number of hydrogen-bond donors (Lipinski definition) is 1. The summed E-state index contributed by atoms with van der Waals surface area (Å²) in [4.78, 5) is 2.73. The van der Waals surface area contributed by atoms with Gasteiger partial charge in [0.1, 0.15) is 0 Å². The standard InChI is InChI=1S/C12H24N2/c13-10-11-6-8-14(9-7-11)12-4-2-1-3-5-12/h11-12H,1-10,13H2. The Kier molecular flexibility index (Phi) is 3.82. The van der Waals surface area contributed by atoms with E-state index in [-0.39, 0.29) is 0 Å². The van der Waals surface area contributed by atoms with E-state index in [1.807, 2.05) is 0 Å². The highest BCUT2D eigenvalue weighted by molar-refractivity contribution is 4.80. The first kappa shape index (κ1) is 10.4. The van der Waals surface area contributed by atoms with E-state index in [9.17, 15) is 0 Å². The van der Waals surface area contributed by atoms with Crippen LogP contribution in [-0.4, -0.2) is 30.6 Å². The minimum absolute atomic E-state index is 0.815. The minimum atomic E-state index is 0.815. The monoisotopic (exact) mass is 196 g/mol. The molecule has 0 spiro atoms. The number of rotatable bonds is 2. The summed E-state index contributed by atoms with van der Waals surface area (Å²) >= 11 is 0. The van der Waals surface area contributed by atoms with Crippen LogP contribution in [0.2, 0.25) is 0 Å². The summed E-state index contributed by atoms with van der Waals surface area (Å²) < 4.78 is 0. The fraction of sp³-hybridized carbons (Fsp3) is 1.00. The molecule has 1 aliphatic carbocycles. The normalized spacial score (nSPS) is 28.1. The molecule has 0 radical (unpaired) electrons. The molecular weight excluding hydrogens is 172 g/mol. The van der Waals surface area contributed by atoms with E-state index in [2.05, 4.69) is 4.90 Å². The molecule has 14 heavy (non-hydrogen) atoms. The first-order valence-electron chi connectivity index (χ1n) is 6.34. The first-order valence-corrected chi connectivity index (χ1v) is 6.34. The lowest BCUT2D eigenvalue weighted by molar-refractivity contribution is 0.109. The number of nitrogens with two attached hydrogens (primary N) is 1. The molecule has 0 bridgehead atoms. The third kappa shape index (κ3) is 2.48. The van der Waals surface area contributed by atoms with E-state index in [0.717, 1.165) is 18.5 Å². The van der Waals surface area contributed by atoms with Gasteiger partial charge in [-0.2, -0.15) is 0 Å². The Morgan fingerprint density at radius 2 is 1.57 bits per heavy atom. The molecule has 82 valence electrons. The Morgan fingerprint density at radius 3 is 2.14 bits per heavy atom. The van der Waals surface area contributed by atoms with Crippen LogP contribution in [0.25, 0.3) is 0 Å². The van der Waals surface area contributed by atoms with Gasteiger partial charge < -0.3 is 10.6 Å². The zero-order chi connectivity index (χ0) is 9.80. The van der Waals surface area contributed by atoms with Crippen molar-refractivity contribution in [2.75, 3.05) is 19.6 Å². The molecule has 1 aliphatic heterocycles. The molecule has 0 aromatic rings. The van der Waals surface area contributed by atoms with Gasteiger partial charge in [-0.05, 0) is 51.2 Å². The van der Waals surface area contributed by atoms with Crippen LogP contribution in [0.5, 0.6) is 0 Å². The smallest absolute Gasteiger partial charge is 0.00952 e. The number of piperidine rings is 1. The number of nitrogens with zero attached hydrogens (tertiary/aromatic N) is 1. The van der Waals surface area contributed by atoms with Gasteiger partial charge in [0, 0.05) is 6.04 Å². The topological polar surface area (TPSA) is 29.3 Å². The lowest BCUT2D eigenvalue weighted by atomic mass is 9.90. The van der Waals surface area contributed by atoms with Crippen LogP contribution in [0.4, 0.5) is 0 Å². The van der Waals surface area contributed by atoms with Gasteiger partial charge in [0.15, 0.2) is 0 Å². The van der Waals surface area contributed by atoms with Gasteiger partial charge in [-0.25, -0.2) is 0 Å². The Bertz CT molecular complexity index is 156. The van der Waals surface area contributed by atoms with E-state index in [0.29, 0.717) is 0 Å². The van der Waals surface area contributed by atoms with Gasteiger partial charge in [-0.3, -0.25) is 0 Å². The predicted molar refractivity (Wildman–Crippen MR) is 60.2 cm³/mol. The molecule has 0 amide bonds. The quantitative estimate of drug-likeness (QED) is 0.732. The Balaban J connectivity index is 1.76. The van der Waals surface area contributed by atoms with Crippen molar-refractivity contribution >= 4 is 0 Å². The van der Waals surface area contributed by atoms with Crippen molar-refractivity contribution in [2.24, 2.45) is 11.7 Å². The summed E-state index contributed by atoms with van der Waals surface area (Å²) in [6, 6.07) is 0.919. The molecule has 0 aromatic carbocycles. The first-order chi connectivity index (χ1) is 6.90. The van der Waals surface area contributed by atoms with Gasteiger partial charge in [0.2, 0.25) is 0 Å². The Hall–Kier alpha value is -0.0800. The van der Waals surface area contributed by atoms with Crippen LogP contribution < -0.4 is 5.73 Å². The van der Waals surface area contributed by atoms with Crippen molar-refractivity contribution in [1.29, 1.82) is 0 Å². The fourth-order valence-corrected chi connectivity index (χ4v) is 3.00. The van der Waals surface area contributed by atoms with Crippen molar-refractivity contribution in [3.63, 3.8) is 0 Å². The van der Waals surface area contributed by atoms with E-state index < -0.39 is 0 Å². The van der Waals surface area contributed by atoms with Crippen LogP contribution in [0.15, 0.2) is 0 Å². The largest absolute Gasteiger partial charge is 0.330 e. The summed E-state index contributed by atoms with van der Waals surface area (Å²) in [5.74, 6) is 0.815. The molecule has 2 nitrogen and oxygen atoms in total. The molecule has 2 rings (SSSR count). The van der Waals surface area contributed by atoms with Crippen molar-refractivity contribution in [3.8, 4) is 0 Å². The second kappa shape index (κ2) is 5.13. The molecule has 2 N–H and O–H groups in total. The third-order valence-corrected chi connectivity index (χ3v) is 4.07. The average Bonchev–Trinajstić information content (AvgIpc) is 2.30. The summed E-state index contributed by atoms with van der Waals surface area (Å²) in [5, 5.41) is 0. The molecule has 0 aromatic heterocycles. The summed E-state index contributed by atoms with van der Waals surface area (Å²) in [6.07, 6.45) is 9.97. The molecule has 0 unspecified atom stereocenters.